The van der Waals surface area contributed by atoms with E-state index in [4.69, 9.17) is 4.98 Å². The number of carbonyl (C=O) groups excluding carboxylic acids is 1. The number of benzene rings is 2. The molecule has 0 unspecified atom stereocenters. The van der Waals surface area contributed by atoms with Crippen molar-refractivity contribution in [3.63, 3.8) is 0 Å². The Hall–Kier alpha value is -2.28. The number of thiazole rings is 1. The molecule has 28 heavy (non-hydrogen) atoms. The zero-order valence-electron chi connectivity index (χ0n) is 16.3. The van der Waals surface area contributed by atoms with Crippen LogP contribution < -0.4 is 15.1 Å². The molecule has 146 valence electrons. The number of amides is 1. The van der Waals surface area contributed by atoms with Crippen molar-refractivity contribution >= 4 is 27.5 Å². The Kier molecular flexibility index (Phi) is 6.00. The maximum absolute atomic E-state index is 12.3. The molecule has 0 atom stereocenters. The molecule has 0 bridgehead atoms. The summed E-state index contributed by atoms with van der Waals surface area (Å²) in [6.45, 7) is 8.53. The maximum Gasteiger partial charge on any atom is 0.275 e. The van der Waals surface area contributed by atoms with Gasteiger partial charge in [-0.25, -0.2) is 4.98 Å². The number of nitrogens with zero attached hydrogens (tertiary/aromatic N) is 1. The van der Waals surface area contributed by atoms with E-state index >= 15 is 0 Å². The van der Waals surface area contributed by atoms with Gasteiger partial charge in [0.15, 0.2) is 6.54 Å². The van der Waals surface area contributed by atoms with Crippen LogP contribution in [0.5, 0.6) is 0 Å². The average Bonchev–Trinajstić information content (AvgIpc) is 3.11. The fourth-order valence-electron chi connectivity index (χ4n) is 3.81. The maximum atomic E-state index is 12.3. The van der Waals surface area contributed by atoms with Gasteiger partial charge in [-0.3, -0.25) is 4.79 Å². The molecule has 4 rings (SSSR count). The summed E-state index contributed by atoms with van der Waals surface area (Å²) >= 11 is 1.81. The van der Waals surface area contributed by atoms with Gasteiger partial charge in [0, 0.05) is 6.54 Å². The molecule has 1 aliphatic heterocycles. The third kappa shape index (κ3) is 4.76. The highest BCUT2D eigenvalue weighted by molar-refractivity contribution is 7.18. The quantitative estimate of drug-likeness (QED) is 0.558. The Morgan fingerprint density at radius 2 is 1.75 bits per heavy atom. The number of aromatic nitrogens is 1. The van der Waals surface area contributed by atoms with Crippen molar-refractivity contribution in [3.8, 4) is 0 Å². The minimum Gasteiger partial charge on any atom is -0.347 e. The topological polar surface area (TPSA) is 50.9 Å². The zero-order valence-corrected chi connectivity index (χ0v) is 17.1. The molecule has 6 heteroatoms. The van der Waals surface area contributed by atoms with Crippen molar-refractivity contribution in [1.82, 2.24) is 10.3 Å². The van der Waals surface area contributed by atoms with Crippen molar-refractivity contribution in [1.29, 1.82) is 0 Å². The van der Waals surface area contributed by atoms with Crippen LogP contribution in [0.4, 0.5) is 0 Å². The Morgan fingerprint density at radius 1 is 1.04 bits per heavy atom. The average molecular weight is 397 g/mol. The second kappa shape index (κ2) is 8.82. The summed E-state index contributed by atoms with van der Waals surface area (Å²) in [6.07, 6.45) is 0. The molecule has 1 fully saturated rings. The molecule has 0 saturated carbocycles. The van der Waals surface area contributed by atoms with Gasteiger partial charge in [-0.1, -0.05) is 36.4 Å². The molecule has 5 nitrogen and oxygen atoms in total. The van der Waals surface area contributed by atoms with E-state index < -0.39 is 0 Å². The van der Waals surface area contributed by atoms with Gasteiger partial charge in [0.1, 0.15) is 37.7 Å². The molecular weight excluding hydrogens is 368 g/mol. The number of hydrogen-bond donors (Lipinski definition) is 3. The summed E-state index contributed by atoms with van der Waals surface area (Å²) in [5.41, 5.74) is 3.52. The van der Waals surface area contributed by atoms with Gasteiger partial charge in [0.05, 0.1) is 10.2 Å². The Labute approximate surface area is 170 Å². The number of para-hydroxylation sites is 1. The third-order valence-corrected chi connectivity index (χ3v) is 6.59. The molecule has 1 aliphatic rings. The first-order valence-corrected chi connectivity index (χ1v) is 10.8. The van der Waals surface area contributed by atoms with Gasteiger partial charge in [-0.2, -0.15) is 0 Å². The minimum absolute atomic E-state index is 0.146. The molecule has 3 N–H and O–H groups in total. The monoisotopic (exact) mass is 396 g/mol. The molecule has 2 aromatic carbocycles. The van der Waals surface area contributed by atoms with Crippen molar-refractivity contribution in [2.75, 3.05) is 32.7 Å². The number of fused-ring (bicyclic) bond motifs is 1. The number of carbonyl (C=O) groups is 1. The molecule has 0 aliphatic carbocycles. The van der Waals surface area contributed by atoms with Crippen LogP contribution in [0.15, 0.2) is 48.5 Å². The largest absolute Gasteiger partial charge is 0.347 e. The second-order valence-electron chi connectivity index (χ2n) is 7.63. The van der Waals surface area contributed by atoms with Crippen LogP contribution in [-0.2, 0) is 17.9 Å². The molecule has 1 aromatic heterocycles. The molecular formula is C22H28N4OS+2. The lowest BCUT2D eigenvalue weighted by molar-refractivity contribution is -1.02. The summed E-state index contributed by atoms with van der Waals surface area (Å²) in [6, 6.07) is 16.6. The molecule has 2 heterocycles. The summed E-state index contributed by atoms with van der Waals surface area (Å²) in [7, 11) is 0. The number of quaternary nitrogens is 2. The summed E-state index contributed by atoms with van der Waals surface area (Å²) in [4.78, 5) is 20.0. The van der Waals surface area contributed by atoms with E-state index in [1.54, 1.807) is 16.2 Å². The van der Waals surface area contributed by atoms with Crippen LogP contribution >= 0.6 is 11.3 Å². The van der Waals surface area contributed by atoms with Gasteiger partial charge in [0.2, 0.25) is 0 Å². The van der Waals surface area contributed by atoms with E-state index in [9.17, 15) is 4.79 Å². The van der Waals surface area contributed by atoms with Gasteiger partial charge in [0.25, 0.3) is 5.91 Å². The van der Waals surface area contributed by atoms with Crippen LogP contribution in [0, 0.1) is 6.92 Å². The second-order valence-corrected chi connectivity index (χ2v) is 8.75. The SMILES string of the molecule is Cc1ccccc1CNC(=O)C[NH+]1CC[NH+](Cc2nc3ccccc3s2)CC1. The first-order chi connectivity index (χ1) is 13.7. The lowest BCUT2D eigenvalue weighted by Gasteiger charge is -2.28. The first kappa shape index (κ1) is 19.1. The van der Waals surface area contributed by atoms with E-state index in [1.807, 2.05) is 18.2 Å². The zero-order chi connectivity index (χ0) is 19.3. The Bertz CT molecular complexity index is 913. The summed E-state index contributed by atoms with van der Waals surface area (Å²) in [5.74, 6) is 0.146. The van der Waals surface area contributed by atoms with Crippen molar-refractivity contribution in [2.24, 2.45) is 0 Å². The summed E-state index contributed by atoms with van der Waals surface area (Å²) in [5, 5.41) is 4.30. The van der Waals surface area contributed by atoms with Crippen molar-refractivity contribution in [3.05, 3.63) is 64.7 Å². The molecule has 3 aromatic rings. The number of hydrogen-bond acceptors (Lipinski definition) is 3. The fraction of sp³-hybridized carbons (Fsp3) is 0.364. The standard InChI is InChI=1S/C22H26N4OS/c1-17-6-2-3-7-18(17)14-23-21(27)15-25-10-12-26(13-11-25)16-22-24-19-8-4-5-9-20(19)28-22/h2-9H,10-16H2,1H3,(H,23,27)/p+2. The molecule has 0 spiro atoms. The van der Waals surface area contributed by atoms with Crippen LogP contribution in [0.25, 0.3) is 10.2 Å². The van der Waals surface area contributed by atoms with E-state index in [0.29, 0.717) is 13.1 Å². The van der Waals surface area contributed by atoms with Crippen molar-refractivity contribution in [2.45, 2.75) is 20.0 Å². The number of piperazine rings is 1. The lowest BCUT2D eigenvalue weighted by atomic mass is 10.1. The smallest absolute Gasteiger partial charge is 0.275 e. The van der Waals surface area contributed by atoms with Crippen LogP contribution in [0.3, 0.4) is 0 Å². The lowest BCUT2D eigenvalue weighted by Crippen LogP contribution is -3.28. The van der Waals surface area contributed by atoms with Gasteiger partial charge in [-0.05, 0) is 30.2 Å². The number of aryl methyl sites for hydroxylation is 1. The van der Waals surface area contributed by atoms with Crippen LogP contribution in [-0.4, -0.2) is 43.6 Å². The van der Waals surface area contributed by atoms with Crippen molar-refractivity contribution < 1.29 is 14.6 Å². The Morgan fingerprint density at radius 3 is 2.54 bits per heavy atom. The van der Waals surface area contributed by atoms with Crippen LogP contribution in [0.2, 0.25) is 0 Å². The van der Waals surface area contributed by atoms with Gasteiger partial charge < -0.3 is 15.1 Å². The van der Waals surface area contributed by atoms with Crippen LogP contribution in [0.1, 0.15) is 16.1 Å². The normalized spacial score (nSPS) is 19.6. The molecule has 1 saturated heterocycles. The van der Waals surface area contributed by atoms with Gasteiger partial charge in [-0.15, -0.1) is 11.3 Å². The third-order valence-electron chi connectivity index (χ3n) is 5.55. The Balaban J connectivity index is 1.21. The van der Waals surface area contributed by atoms with E-state index in [2.05, 4.69) is 42.6 Å². The number of rotatable bonds is 6. The molecule has 0 radical (unpaired) electrons. The number of nitrogens with one attached hydrogen (secondary N) is 3. The first-order valence-electron chi connectivity index (χ1n) is 10.00. The van der Waals surface area contributed by atoms with E-state index in [-0.39, 0.29) is 5.91 Å². The highest BCUT2D eigenvalue weighted by Gasteiger charge is 2.25. The highest BCUT2D eigenvalue weighted by Crippen LogP contribution is 2.20. The van der Waals surface area contributed by atoms with Gasteiger partial charge >= 0.3 is 0 Å². The molecule has 1 amide bonds. The summed E-state index contributed by atoms with van der Waals surface area (Å²) < 4.78 is 1.27. The predicted molar refractivity (Wildman–Crippen MR) is 113 cm³/mol. The highest BCUT2D eigenvalue weighted by atomic mass is 32.1. The van der Waals surface area contributed by atoms with E-state index in [0.717, 1.165) is 38.2 Å². The fourth-order valence-corrected chi connectivity index (χ4v) is 4.85. The minimum atomic E-state index is 0.146. The predicted octanol–water partition coefficient (Wildman–Crippen LogP) is 0.205. The van der Waals surface area contributed by atoms with E-state index in [1.165, 1.54) is 25.7 Å².